The summed E-state index contributed by atoms with van der Waals surface area (Å²) in [7, 11) is 0. The molecule has 0 radical (unpaired) electrons. The Morgan fingerprint density at radius 1 is 0.231 bits per heavy atom. The average Bonchev–Trinajstić information content (AvgIpc) is 0.982. The minimum Gasteiger partial charge on any atom is -0.378 e. The summed E-state index contributed by atoms with van der Waals surface area (Å²) in [6.45, 7) is 61.6. The van der Waals surface area contributed by atoms with Crippen molar-refractivity contribution in [2.24, 2.45) is 84.2 Å². The van der Waals surface area contributed by atoms with Crippen LogP contribution in [0.4, 0.5) is 0 Å². The Bertz CT molecular complexity index is 2840. The van der Waals surface area contributed by atoms with Crippen molar-refractivity contribution in [3.63, 3.8) is 0 Å². The van der Waals surface area contributed by atoms with Crippen molar-refractivity contribution in [1.29, 1.82) is 0 Å². The molecule has 0 aliphatic carbocycles. The summed E-state index contributed by atoms with van der Waals surface area (Å²) in [5.41, 5.74) is 0. The fourth-order valence-electron chi connectivity index (χ4n) is 9.27. The zero-order chi connectivity index (χ0) is 111. The second-order valence-corrected chi connectivity index (χ2v) is 39.0. The maximum atomic E-state index is 11.8. The van der Waals surface area contributed by atoms with E-state index >= 15 is 0 Å². The van der Waals surface area contributed by atoms with E-state index in [1.54, 1.807) is 35.3 Å². The molecule has 0 saturated heterocycles. The molecule has 0 saturated carbocycles. The van der Waals surface area contributed by atoms with Crippen LogP contribution in [-0.2, 0) is 129 Å². The molecule has 45 heteroatoms. The second kappa shape index (κ2) is 119. The Balaban J connectivity index is -0.000000421. The SMILES string of the molecule is CCC(C)COCC(COCC(C)CC)OCCCSCCC(=O)NCO/N=C/CNC(C)=O.CCC(C)COCC(COCC(C)CC)OCCCSCCC(=O)NCO/N=C/CNC(C)=O.CCC(C)COCC(COCC(C)CC)OCCCSCCC(=O)NCO/N=C/CNC(C)=O.CCC(C)COCO/N=C/CNC(C)=O.CCC(C)COCO/N=C/CNC(C)=O.CCC(C)COCO/N=C/CNC(C)=O. The molecule has 0 bridgehead atoms. The Morgan fingerprint density at radius 2 is 0.401 bits per heavy atom. The van der Waals surface area contributed by atoms with Crippen LogP contribution in [-0.4, -0.2) is 342 Å². The van der Waals surface area contributed by atoms with E-state index in [0.29, 0.717) is 191 Å². The number of amides is 9. The molecule has 864 valence electrons. The largest absolute Gasteiger partial charge is 0.378 e. The van der Waals surface area contributed by atoms with Gasteiger partial charge in [-0.05, 0) is 89.8 Å². The van der Waals surface area contributed by atoms with Crippen LogP contribution in [0.2, 0.25) is 0 Å². The minimum absolute atomic E-state index is 0.00745. The lowest BCUT2D eigenvalue weighted by molar-refractivity contribution is -0.123. The Hall–Kier alpha value is -7.38. The number of rotatable bonds is 93. The van der Waals surface area contributed by atoms with Gasteiger partial charge >= 0.3 is 0 Å². The van der Waals surface area contributed by atoms with Crippen LogP contribution >= 0.6 is 35.3 Å². The number of carbonyl (C=O) groups excluding carboxylic acids is 9. The number of nitrogens with one attached hydrogen (secondary N) is 9. The third kappa shape index (κ3) is 133. The predicted molar refractivity (Wildman–Crippen MR) is 590 cm³/mol. The molecule has 0 rings (SSSR count). The monoisotopic (exact) mass is 2160 g/mol. The summed E-state index contributed by atoms with van der Waals surface area (Å²) in [6, 6.07) is 0. The molecule has 147 heavy (non-hydrogen) atoms. The van der Waals surface area contributed by atoms with E-state index in [0.717, 1.165) is 151 Å². The molecule has 0 aromatic carbocycles. The molecular formula is C102H201N15O27S3. The summed E-state index contributed by atoms with van der Waals surface area (Å²) in [5.74, 6) is 8.92. The smallest absolute Gasteiger partial charge is 0.223 e. The molecule has 0 heterocycles. The maximum absolute atomic E-state index is 11.8. The summed E-state index contributed by atoms with van der Waals surface area (Å²) < 4.78 is 68.6. The standard InChI is InChI=1S/3C24H47N3O6S.3C10H20N2O3/c3*1-6-20(3)15-30-17-23(18-31-16-21(4)7-2)32-12-8-13-34-14-9-24(29)26-19-33-27-11-10-25-22(5)28;3*1-4-9(2)7-14-8-15-12-6-5-11-10(3)13/h3*11,20-21,23H,6-10,12-19H2,1-5H3,(H,25,28)(H,26,29);3*6,9H,4-5,7-8H2,1-3H3,(H,11,13)/b3*27-11+;3*12-6+. The van der Waals surface area contributed by atoms with Crippen molar-refractivity contribution in [3.8, 4) is 0 Å². The lowest BCUT2D eigenvalue weighted by Gasteiger charge is -2.20. The second-order valence-electron chi connectivity index (χ2n) is 35.3. The Labute approximate surface area is 896 Å². The molecule has 9 amide bonds. The van der Waals surface area contributed by atoms with Gasteiger partial charge in [0, 0.05) is 138 Å². The van der Waals surface area contributed by atoms with Crippen LogP contribution in [0.25, 0.3) is 0 Å². The Kier molecular flexibility index (Phi) is 121. The third-order valence-corrected chi connectivity index (χ3v) is 23.7. The number of hydrogen-bond donors (Lipinski definition) is 9. The highest BCUT2D eigenvalue weighted by atomic mass is 32.2. The topological polar surface area (TPSA) is 502 Å². The fraction of sp³-hybridized carbons (Fsp3) is 0.853. The number of ether oxygens (including phenoxy) is 12. The van der Waals surface area contributed by atoms with E-state index in [-0.39, 0.29) is 112 Å². The van der Waals surface area contributed by atoms with Crippen molar-refractivity contribution >= 4 is 126 Å². The molecule has 0 aliphatic rings. The maximum Gasteiger partial charge on any atom is 0.223 e. The van der Waals surface area contributed by atoms with Gasteiger partial charge < -0.3 is 134 Å². The number of hydrogen-bond acceptors (Lipinski definition) is 36. The van der Waals surface area contributed by atoms with Crippen molar-refractivity contribution in [2.45, 2.75) is 281 Å². The number of carbonyl (C=O) groups is 9. The van der Waals surface area contributed by atoms with E-state index in [4.69, 9.17) is 85.9 Å². The molecule has 9 atom stereocenters. The molecule has 0 aliphatic heterocycles. The van der Waals surface area contributed by atoms with E-state index in [9.17, 15) is 43.2 Å². The lowest BCUT2D eigenvalue weighted by Crippen LogP contribution is -2.28. The molecule has 0 aromatic rings. The normalized spacial score (nSPS) is 13.6. The van der Waals surface area contributed by atoms with Gasteiger partial charge in [0.2, 0.25) is 73.5 Å². The van der Waals surface area contributed by atoms with E-state index in [1.165, 1.54) is 78.8 Å². The fourth-order valence-corrected chi connectivity index (χ4v) is 11.8. The minimum atomic E-state index is -0.138. The number of oxime groups is 6. The van der Waals surface area contributed by atoms with Gasteiger partial charge in [0.05, 0.1) is 136 Å². The quantitative estimate of drug-likeness (QED) is 0.0118. The van der Waals surface area contributed by atoms with Gasteiger partial charge in [-0.1, -0.05) is 213 Å². The highest BCUT2D eigenvalue weighted by Crippen LogP contribution is 2.14. The van der Waals surface area contributed by atoms with Gasteiger partial charge in [0.1, 0.15) is 18.3 Å². The molecule has 42 nitrogen and oxygen atoms in total. The predicted octanol–water partition coefficient (Wildman–Crippen LogP) is 13.1. The van der Waals surface area contributed by atoms with E-state index in [2.05, 4.69) is 203 Å². The first-order valence-electron chi connectivity index (χ1n) is 52.5. The first-order valence-corrected chi connectivity index (χ1v) is 56.0. The van der Waals surface area contributed by atoms with Crippen LogP contribution < -0.4 is 47.9 Å². The average molecular weight is 2170 g/mol. The van der Waals surface area contributed by atoms with Crippen molar-refractivity contribution in [3.05, 3.63) is 0 Å². The molecule has 0 fully saturated rings. The molecule has 9 N–H and O–H groups in total. The van der Waals surface area contributed by atoms with Crippen LogP contribution in [0.5, 0.6) is 0 Å². The summed E-state index contributed by atoms with van der Waals surface area (Å²) in [5, 5.41) is 44.9. The highest BCUT2D eigenvalue weighted by Gasteiger charge is 2.18. The van der Waals surface area contributed by atoms with Gasteiger partial charge in [-0.25, -0.2) is 0 Å². The van der Waals surface area contributed by atoms with Crippen molar-refractivity contribution in [1.82, 2.24) is 47.9 Å². The van der Waals surface area contributed by atoms with Gasteiger partial charge in [0.15, 0.2) is 20.2 Å². The van der Waals surface area contributed by atoms with Crippen LogP contribution in [0.1, 0.15) is 262 Å². The summed E-state index contributed by atoms with van der Waals surface area (Å²) in [6.07, 6.45) is 22.4. The number of nitrogens with zero attached hydrogens (tertiary/aromatic N) is 6. The lowest BCUT2D eigenvalue weighted by atomic mass is 10.1. The van der Waals surface area contributed by atoms with Gasteiger partial charge in [-0.15, -0.1) is 0 Å². The zero-order valence-corrected chi connectivity index (χ0v) is 96.8. The zero-order valence-electron chi connectivity index (χ0n) is 94.4. The molecule has 0 aromatic heterocycles. The third-order valence-electron chi connectivity index (χ3n) is 20.5. The highest BCUT2D eigenvalue weighted by molar-refractivity contribution is 7.99. The number of thioether (sulfide) groups is 3. The molecule has 0 spiro atoms. The molecule has 9 unspecified atom stereocenters. The summed E-state index contributed by atoms with van der Waals surface area (Å²) in [4.78, 5) is 128. The van der Waals surface area contributed by atoms with Crippen molar-refractivity contribution in [2.75, 3.05) is 233 Å². The van der Waals surface area contributed by atoms with Crippen LogP contribution in [0.15, 0.2) is 30.9 Å². The van der Waals surface area contributed by atoms with Gasteiger partial charge in [0.25, 0.3) is 0 Å². The van der Waals surface area contributed by atoms with E-state index < -0.39 is 0 Å². The van der Waals surface area contributed by atoms with E-state index in [1.807, 2.05) is 0 Å². The Morgan fingerprint density at radius 3 is 0.571 bits per heavy atom. The van der Waals surface area contributed by atoms with Gasteiger partial charge in [-0.2, -0.15) is 35.3 Å². The molecular weight excluding hydrogens is 1960 g/mol. The first-order chi connectivity index (χ1) is 70.6. The van der Waals surface area contributed by atoms with Crippen LogP contribution in [0, 0.1) is 53.3 Å². The summed E-state index contributed by atoms with van der Waals surface area (Å²) >= 11 is 5.17. The van der Waals surface area contributed by atoms with Crippen LogP contribution in [0.3, 0.4) is 0 Å². The van der Waals surface area contributed by atoms with Crippen molar-refractivity contribution < 1.29 is 129 Å². The first kappa shape index (κ1) is 150. The van der Waals surface area contributed by atoms with Gasteiger partial charge in [-0.3, -0.25) is 43.2 Å².